The molecule has 0 bridgehead atoms. The molecular formula is C18H37N3O4. The first-order valence-electron chi connectivity index (χ1n) is 8.86. The Morgan fingerprint density at radius 1 is 1.12 bits per heavy atom. The second kappa shape index (κ2) is 9.38. The maximum atomic E-state index is 12.4. The highest BCUT2D eigenvalue weighted by molar-refractivity contribution is 5.79. The zero-order valence-electron chi connectivity index (χ0n) is 17.0. The minimum Gasteiger partial charge on any atom is -0.444 e. The van der Waals surface area contributed by atoms with Crippen LogP contribution in [-0.2, 0) is 9.53 Å². The van der Waals surface area contributed by atoms with Gasteiger partial charge in [0.05, 0.1) is 12.1 Å². The predicted molar refractivity (Wildman–Crippen MR) is 99.1 cm³/mol. The van der Waals surface area contributed by atoms with Gasteiger partial charge >= 0.3 is 6.09 Å². The smallest absolute Gasteiger partial charge is 0.407 e. The summed E-state index contributed by atoms with van der Waals surface area (Å²) in [4.78, 5) is 24.2. The van der Waals surface area contributed by atoms with Crippen LogP contribution in [0.3, 0.4) is 0 Å². The number of rotatable bonds is 8. The highest BCUT2D eigenvalue weighted by atomic mass is 16.6. The number of carbonyl (C=O) groups is 2. The summed E-state index contributed by atoms with van der Waals surface area (Å²) in [6.07, 6.45) is -1.21. The lowest BCUT2D eigenvalue weighted by Gasteiger charge is -2.28. The van der Waals surface area contributed by atoms with E-state index >= 15 is 0 Å². The van der Waals surface area contributed by atoms with Crippen LogP contribution in [0, 0.1) is 11.8 Å². The Morgan fingerprint density at radius 2 is 1.64 bits per heavy atom. The van der Waals surface area contributed by atoms with Gasteiger partial charge in [-0.05, 0) is 53.9 Å². The van der Waals surface area contributed by atoms with Gasteiger partial charge < -0.3 is 26.2 Å². The average Bonchev–Trinajstić information content (AvgIpc) is 2.38. The molecule has 0 aromatic heterocycles. The van der Waals surface area contributed by atoms with Gasteiger partial charge in [-0.2, -0.15) is 0 Å². The van der Waals surface area contributed by atoms with Crippen molar-refractivity contribution in [2.24, 2.45) is 17.6 Å². The van der Waals surface area contributed by atoms with Crippen molar-refractivity contribution in [1.29, 1.82) is 0 Å². The Bertz CT molecular complexity index is 439. The highest BCUT2D eigenvalue weighted by Gasteiger charge is 2.29. The van der Waals surface area contributed by atoms with Gasteiger partial charge in [-0.25, -0.2) is 4.79 Å². The number of aliphatic hydroxyl groups excluding tert-OH is 1. The predicted octanol–water partition coefficient (Wildman–Crippen LogP) is 1.78. The molecule has 0 saturated carbocycles. The van der Waals surface area contributed by atoms with Crippen molar-refractivity contribution in [3.05, 3.63) is 0 Å². The van der Waals surface area contributed by atoms with Crippen LogP contribution >= 0.6 is 0 Å². The van der Waals surface area contributed by atoms with E-state index in [0.717, 1.165) is 0 Å². The molecule has 0 aliphatic rings. The maximum Gasteiger partial charge on any atom is 0.407 e. The lowest BCUT2D eigenvalue weighted by Crippen LogP contribution is -2.49. The van der Waals surface area contributed by atoms with Crippen molar-refractivity contribution in [1.82, 2.24) is 10.6 Å². The quantitative estimate of drug-likeness (QED) is 0.527. The normalized spacial score (nSPS) is 16.1. The van der Waals surface area contributed by atoms with Gasteiger partial charge in [0.25, 0.3) is 0 Å². The fraction of sp³-hybridized carbons (Fsp3) is 0.889. The lowest BCUT2D eigenvalue weighted by atomic mass is 9.87. The van der Waals surface area contributed by atoms with Crippen LogP contribution < -0.4 is 16.4 Å². The fourth-order valence-corrected chi connectivity index (χ4v) is 2.18. The van der Waals surface area contributed by atoms with E-state index in [0.29, 0.717) is 6.54 Å². The minimum absolute atomic E-state index is 0.0456. The topological polar surface area (TPSA) is 114 Å². The second-order valence-electron chi connectivity index (χ2n) is 8.79. The molecule has 0 aromatic rings. The molecule has 0 heterocycles. The molecular weight excluding hydrogens is 322 g/mol. The summed E-state index contributed by atoms with van der Waals surface area (Å²) in [6, 6.07) is -0.533. The average molecular weight is 360 g/mol. The molecule has 0 rings (SSSR count). The zero-order valence-corrected chi connectivity index (χ0v) is 17.0. The van der Waals surface area contributed by atoms with Gasteiger partial charge in [0.2, 0.25) is 5.91 Å². The number of carbonyl (C=O) groups excluding carboxylic acids is 2. The molecule has 2 amide bonds. The van der Waals surface area contributed by atoms with E-state index in [2.05, 4.69) is 10.6 Å². The molecule has 7 heteroatoms. The van der Waals surface area contributed by atoms with Gasteiger partial charge in [-0.3, -0.25) is 4.79 Å². The monoisotopic (exact) mass is 359 g/mol. The third-order valence-electron chi connectivity index (χ3n) is 3.68. The van der Waals surface area contributed by atoms with E-state index in [-0.39, 0.29) is 24.2 Å². The molecule has 0 aliphatic carbocycles. The van der Waals surface area contributed by atoms with Crippen LogP contribution in [-0.4, -0.2) is 46.9 Å². The molecule has 0 saturated heterocycles. The van der Waals surface area contributed by atoms with Crippen LogP contribution in [0.2, 0.25) is 0 Å². The molecule has 7 nitrogen and oxygen atoms in total. The van der Waals surface area contributed by atoms with Crippen molar-refractivity contribution in [3.8, 4) is 0 Å². The first kappa shape index (κ1) is 23.7. The number of ether oxygens (including phenoxy) is 1. The van der Waals surface area contributed by atoms with Crippen LogP contribution in [0.1, 0.15) is 61.8 Å². The van der Waals surface area contributed by atoms with E-state index in [1.165, 1.54) is 0 Å². The summed E-state index contributed by atoms with van der Waals surface area (Å²) < 4.78 is 5.18. The number of amides is 2. The van der Waals surface area contributed by atoms with Crippen LogP contribution in [0.4, 0.5) is 4.79 Å². The van der Waals surface area contributed by atoms with Crippen molar-refractivity contribution < 1.29 is 19.4 Å². The van der Waals surface area contributed by atoms with Gasteiger partial charge in [0.15, 0.2) is 0 Å². The molecule has 0 fully saturated rings. The summed E-state index contributed by atoms with van der Waals surface area (Å²) in [5.74, 6) is -0.471. The summed E-state index contributed by atoms with van der Waals surface area (Å²) in [7, 11) is 0. The molecule has 0 radical (unpaired) electrons. The third-order valence-corrected chi connectivity index (χ3v) is 3.68. The highest BCUT2D eigenvalue weighted by Crippen LogP contribution is 2.19. The molecule has 0 aliphatic heterocycles. The van der Waals surface area contributed by atoms with E-state index < -0.39 is 29.4 Å². The molecule has 5 N–H and O–H groups in total. The standard InChI is InChI=1S/C18H37N3O4/c1-11(2)13(15(23)20-10-18(7,8)19)9-14(22)12(3)21-16(24)25-17(4,5)6/h11-14,22H,9-10,19H2,1-8H3,(H,20,23)(H,21,24)/t12-,13-,14-/m0/s1. The molecule has 0 aromatic carbocycles. The Morgan fingerprint density at radius 3 is 2.04 bits per heavy atom. The molecule has 148 valence electrons. The Kier molecular flexibility index (Phi) is 8.88. The van der Waals surface area contributed by atoms with E-state index in [1.807, 2.05) is 27.7 Å². The summed E-state index contributed by atoms with van der Waals surface area (Å²) >= 11 is 0. The number of aliphatic hydroxyl groups is 1. The van der Waals surface area contributed by atoms with Crippen molar-refractivity contribution in [2.75, 3.05) is 6.54 Å². The van der Waals surface area contributed by atoms with Gasteiger partial charge in [-0.15, -0.1) is 0 Å². The summed E-state index contributed by atoms with van der Waals surface area (Å²) in [5, 5.41) is 15.8. The molecule has 0 unspecified atom stereocenters. The maximum absolute atomic E-state index is 12.4. The van der Waals surface area contributed by atoms with E-state index in [4.69, 9.17) is 10.5 Å². The van der Waals surface area contributed by atoms with Gasteiger partial charge in [0, 0.05) is 18.0 Å². The molecule has 0 spiro atoms. The molecule has 25 heavy (non-hydrogen) atoms. The minimum atomic E-state index is -0.864. The Hall–Kier alpha value is -1.34. The van der Waals surface area contributed by atoms with E-state index in [9.17, 15) is 14.7 Å². The third kappa shape index (κ3) is 11.0. The van der Waals surface area contributed by atoms with Crippen molar-refractivity contribution in [3.63, 3.8) is 0 Å². The molecule has 3 atom stereocenters. The van der Waals surface area contributed by atoms with Crippen LogP contribution in [0.5, 0.6) is 0 Å². The number of hydrogen-bond acceptors (Lipinski definition) is 5. The largest absolute Gasteiger partial charge is 0.444 e. The summed E-state index contributed by atoms with van der Waals surface area (Å²) in [6.45, 7) is 14.9. The number of nitrogens with two attached hydrogens (primary N) is 1. The van der Waals surface area contributed by atoms with Crippen molar-refractivity contribution >= 4 is 12.0 Å². The number of hydrogen-bond donors (Lipinski definition) is 4. The lowest BCUT2D eigenvalue weighted by molar-refractivity contribution is -0.127. The number of alkyl carbamates (subject to hydrolysis) is 1. The fourth-order valence-electron chi connectivity index (χ4n) is 2.18. The second-order valence-corrected chi connectivity index (χ2v) is 8.79. The van der Waals surface area contributed by atoms with Crippen LogP contribution in [0.25, 0.3) is 0 Å². The first-order chi connectivity index (χ1) is 11.1. The Balaban J connectivity index is 4.69. The summed E-state index contributed by atoms with van der Waals surface area (Å²) in [5.41, 5.74) is 4.78. The zero-order chi connectivity index (χ0) is 20.0. The van der Waals surface area contributed by atoms with Gasteiger partial charge in [-0.1, -0.05) is 13.8 Å². The van der Waals surface area contributed by atoms with Gasteiger partial charge in [0.1, 0.15) is 5.60 Å². The van der Waals surface area contributed by atoms with E-state index in [1.54, 1.807) is 27.7 Å². The SMILES string of the molecule is CC(C)[C@H](C[C@H](O)[C@H](C)NC(=O)OC(C)(C)C)C(=O)NCC(C)(C)N. The van der Waals surface area contributed by atoms with Crippen LogP contribution in [0.15, 0.2) is 0 Å². The number of nitrogens with one attached hydrogen (secondary N) is 2. The van der Waals surface area contributed by atoms with Crippen molar-refractivity contribution in [2.45, 2.75) is 85.1 Å². The Labute approximate surface area is 152 Å². The first-order valence-corrected chi connectivity index (χ1v) is 8.86.